The Morgan fingerprint density at radius 3 is 3.00 bits per heavy atom. The molecule has 0 bridgehead atoms. The molecule has 20 heavy (non-hydrogen) atoms. The van der Waals surface area contributed by atoms with Gasteiger partial charge in [-0.1, -0.05) is 0 Å². The number of nitrogens with zero attached hydrogens (tertiary/aromatic N) is 1. The van der Waals surface area contributed by atoms with Crippen LogP contribution in [0.4, 0.5) is 4.39 Å². The third kappa shape index (κ3) is 2.22. The number of rotatable bonds is 4. The van der Waals surface area contributed by atoms with Gasteiger partial charge in [0, 0.05) is 25.1 Å². The summed E-state index contributed by atoms with van der Waals surface area (Å²) in [5.41, 5.74) is 1.48. The first kappa shape index (κ1) is 12.9. The minimum absolute atomic E-state index is 0.207. The molecule has 1 aromatic carbocycles. The highest BCUT2D eigenvalue weighted by Crippen LogP contribution is 2.24. The number of aromatic amines is 1. The Balaban J connectivity index is 2.01. The molecule has 2 aromatic heterocycles. The van der Waals surface area contributed by atoms with Crippen LogP contribution in [0, 0.1) is 10.6 Å². The van der Waals surface area contributed by atoms with E-state index < -0.39 is 5.82 Å². The number of ether oxygens (including phenoxy) is 1. The average molecular weight is 292 g/mol. The van der Waals surface area contributed by atoms with Crippen LogP contribution in [-0.4, -0.2) is 16.7 Å². The molecule has 0 saturated carbocycles. The van der Waals surface area contributed by atoms with E-state index in [0.717, 1.165) is 11.3 Å². The van der Waals surface area contributed by atoms with Crippen molar-refractivity contribution in [2.45, 2.75) is 13.0 Å². The zero-order valence-corrected chi connectivity index (χ0v) is 11.7. The Morgan fingerprint density at radius 2 is 2.30 bits per heavy atom. The van der Waals surface area contributed by atoms with Crippen molar-refractivity contribution in [3.05, 3.63) is 46.9 Å². The normalized spacial score (nSPS) is 11.1. The fourth-order valence-corrected chi connectivity index (χ4v) is 2.51. The number of nitrogens with one attached hydrogen (secondary N) is 1. The number of hydrogen-bond donors (Lipinski definition) is 1. The summed E-state index contributed by atoms with van der Waals surface area (Å²) in [4.78, 5) is 3.00. The number of aryl methyl sites for hydroxylation is 2. The molecule has 104 valence electrons. The summed E-state index contributed by atoms with van der Waals surface area (Å²) < 4.78 is 26.5. The molecule has 0 fully saturated rings. The number of methoxy groups -OCH3 is 1. The molecule has 0 aliphatic carbocycles. The number of hydrogen-bond acceptors (Lipinski definition) is 3. The molecule has 0 unspecified atom stereocenters. The smallest absolute Gasteiger partial charge is 0.178 e. The Kier molecular flexibility index (Phi) is 3.31. The quantitative estimate of drug-likeness (QED) is 0.746. The molecule has 0 atom stereocenters. The zero-order valence-electron chi connectivity index (χ0n) is 10.9. The second kappa shape index (κ2) is 5.13. The van der Waals surface area contributed by atoms with Crippen molar-refractivity contribution >= 4 is 23.3 Å². The maximum absolute atomic E-state index is 13.7. The van der Waals surface area contributed by atoms with Crippen LogP contribution < -0.4 is 4.74 Å². The van der Waals surface area contributed by atoms with Crippen LogP contribution in [0.15, 0.2) is 34.9 Å². The molecule has 2 heterocycles. The first-order chi connectivity index (χ1) is 9.69. The van der Waals surface area contributed by atoms with E-state index in [1.807, 2.05) is 16.7 Å². The minimum atomic E-state index is -0.408. The van der Waals surface area contributed by atoms with Crippen molar-refractivity contribution in [1.82, 2.24) is 9.55 Å². The molecular formula is C14H13FN2O2S. The SMILES string of the molecule is COc1cc2c(cc1F)[nH]c(=S)n2CCc1ccco1. The first-order valence-corrected chi connectivity index (χ1v) is 6.58. The molecule has 1 N–H and O–H groups in total. The molecule has 0 aliphatic heterocycles. The van der Waals surface area contributed by atoms with Crippen molar-refractivity contribution in [2.75, 3.05) is 7.11 Å². The number of aromatic nitrogens is 2. The summed E-state index contributed by atoms with van der Waals surface area (Å²) in [6.45, 7) is 0.654. The van der Waals surface area contributed by atoms with Gasteiger partial charge in [-0.25, -0.2) is 4.39 Å². The van der Waals surface area contributed by atoms with Crippen LogP contribution in [-0.2, 0) is 13.0 Å². The molecular weight excluding hydrogens is 279 g/mol. The molecule has 3 rings (SSSR count). The van der Waals surface area contributed by atoms with E-state index in [2.05, 4.69) is 4.98 Å². The maximum atomic E-state index is 13.7. The van der Waals surface area contributed by atoms with E-state index in [9.17, 15) is 4.39 Å². The third-order valence-electron chi connectivity index (χ3n) is 3.21. The van der Waals surface area contributed by atoms with Crippen LogP contribution in [0.25, 0.3) is 11.0 Å². The van der Waals surface area contributed by atoms with Crippen molar-refractivity contribution in [2.24, 2.45) is 0 Å². The summed E-state index contributed by atoms with van der Waals surface area (Å²) in [5, 5.41) is 0. The van der Waals surface area contributed by atoms with Gasteiger partial charge < -0.3 is 18.7 Å². The Labute approximate surface area is 119 Å². The van der Waals surface area contributed by atoms with Crippen LogP contribution in [0.5, 0.6) is 5.75 Å². The van der Waals surface area contributed by atoms with Gasteiger partial charge in [0.2, 0.25) is 0 Å². The van der Waals surface area contributed by atoms with E-state index in [-0.39, 0.29) is 5.75 Å². The second-order valence-corrected chi connectivity index (χ2v) is 4.80. The van der Waals surface area contributed by atoms with Crippen molar-refractivity contribution < 1.29 is 13.5 Å². The lowest BCUT2D eigenvalue weighted by molar-refractivity contribution is 0.387. The Bertz CT molecular complexity index is 789. The number of H-pyrrole nitrogens is 1. The first-order valence-electron chi connectivity index (χ1n) is 6.17. The minimum Gasteiger partial charge on any atom is -0.494 e. The van der Waals surface area contributed by atoms with Crippen molar-refractivity contribution in [3.63, 3.8) is 0 Å². The van der Waals surface area contributed by atoms with Gasteiger partial charge in [-0.2, -0.15) is 0 Å². The number of halogens is 1. The van der Waals surface area contributed by atoms with Gasteiger partial charge in [-0.15, -0.1) is 0 Å². The highest BCUT2D eigenvalue weighted by Gasteiger charge is 2.11. The third-order valence-corrected chi connectivity index (χ3v) is 3.53. The van der Waals surface area contributed by atoms with Gasteiger partial charge in [-0.05, 0) is 24.4 Å². The Hall–Kier alpha value is -2.08. The average Bonchev–Trinajstić information content (AvgIpc) is 3.03. The molecule has 0 spiro atoms. The van der Waals surface area contributed by atoms with Gasteiger partial charge in [0.15, 0.2) is 16.3 Å². The summed E-state index contributed by atoms with van der Waals surface area (Å²) in [6, 6.07) is 6.81. The zero-order chi connectivity index (χ0) is 14.1. The van der Waals surface area contributed by atoms with E-state index in [4.69, 9.17) is 21.4 Å². The van der Waals surface area contributed by atoms with E-state index in [1.54, 1.807) is 12.3 Å². The number of imidazole rings is 1. The highest BCUT2D eigenvalue weighted by atomic mass is 32.1. The van der Waals surface area contributed by atoms with Crippen LogP contribution >= 0.6 is 12.2 Å². The number of furan rings is 1. The van der Waals surface area contributed by atoms with E-state index in [0.29, 0.717) is 23.3 Å². The number of fused-ring (bicyclic) bond motifs is 1. The number of benzene rings is 1. The summed E-state index contributed by atoms with van der Waals surface area (Å²) in [5.74, 6) is 0.683. The topological polar surface area (TPSA) is 43.1 Å². The largest absolute Gasteiger partial charge is 0.494 e. The Morgan fingerprint density at radius 1 is 1.45 bits per heavy atom. The molecule has 0 saturated heterocycles. The van der Waals surface area contributed by atoms with Crippen LogP contribution in [0.2, 0.25) is 0 Å². The molecule has 4 nitrogen and oxygen atoms in total. The fourth-order valence-electron chi connectivity index (χ4n) is 2.21. The summed E-state index contributed by atoms with van der Waals surface area (Å²) >= 11 is 5.28. The van der Waals surface area contributed by atoms with Gasteiger partial charge >= 0.3 is 0 Å². The van der Waals surface area contributed by atoms with Gasteiger partial charge in [0.1, 0.15) is 5.76 Å². The monoisotopic (exact) mass is 292 g/mol. The summed E-state index contributed by atoms with van der Waals surface area (Å²) in [7, 11) is 1.44. The van der Waals surface area contributed by atoms with Gasteiger partial charge in [0.05, 0.1) is 24.4 Å². The van der Waals surface area contributed by atoms with Gasteiger partial charge in [0.25, 0.3) is 0 Å². The lowest BCUT2D eigenvalue weighted by atomic mass is 10.2. The lowest BCUT2D eigenvalue weighted by Gasteiger charge is -2.05. The van der Waals surface area contributed by atoms with E-state index in [1.165, 1.54) is 13.2 Å². The van der Waals surface area contributed by atoms with E-state index >= 15 is 0 Å². The highest BCUT2D eigenvalue weighted by molar-refractivity contribution is 7.71. The molecule has 3 aromatic rings. The van der Waals surface area contributed by atoms with Crippen LogP contribution in [0.1, 0.15) is 5.76 Å². The predicted molar refractivity (Wildman–Crippen MR) is 76.0 cm³/mol. The standard InChI is InChI=1S/C14H13FN2O2S/c1-18-13-8-12-11(7-10(13)15)16-14(20)17(12)5-4-9-3-2-6-19-9/h2-3,6-8H,4-5H2,1H3,(H,16,20). The van der Waals surface area contributed by atoms with Gasteiger partial charge in [-0.3, -0.25) is 0 Å². The summed E-state index contributed by atoms with van der Waals surface area (Å²) in [6.07, 6.45) is 2.36. The van der Waals surface area contributed by atoms with Crippen LogP contribution in [0.3, 0.4) is 0 Å². The lowest BCUT2D eigenvalue weighted by Crippen LogP contribution is -2.01. The molecule has 0 aliphatic rings. The molecule has 6 heteroatoms. The fraction of sp³-hybridized carbons (Fsp3) is 0.214. The molecule has 0 amide bonds. The second-order valence-electron chi connectivity index (χ2n) is 4.42. The van der Waals surface area contributed by atoms with Crippen molar-refractivity contribution in [1.29, 1.82) is 0 Å². The molecule has 0 radical (unpaired) electrons. The predicted octanol–water partition coefficient (Wildman–Crippen LogP) is 3.68. The maximum Gasteiger partial charge on any atom is 0.178 e. The van der Waals surface area contributed by atoms with Crippen molar-refractivity contribution in [3.8, 4) is 5.75 Å².